The van der Waals surface area contributed by atoms with Crippen molar-refractivity contribution < 1.29 is 9.84 Å². The SMILES string of the molecule is Cl.Cl.NC(CO)Cc1ccc(Oc2ccc3ccccc3n2)cc1. The van der Waals surface area contributed by atoms with E-state index in [1.165, 1.54) is 0 Å². The van der Waals surface area contributed by atoms with E-state index in [0.29, 0.717) is 12.3 Å². The number of nitrogens with two attached hydrogens (primary N) is 1. The van der Waals surface area contributed by atoms with Gasteiger partial charge in [0, 0.05) is 17.5 Å². The number of ether oxygens (including phenoxy) is 1. The molecule has 0 aliphatic heterocycles. The summed E-state index contributed by atoms with van der Waals surface area (Å²) in [6, 6.07) is 19.2. The normalized spacial score (nSPS) is 11.2. The molecule has 3 N–H and O–H groups in total. The maximum absolute atomic E-state index is 8.97. The summed E-state index contributed by atoms with van der Waals surface area (Å²) >= 11 is 0. The van der Waals surface area contributed by atoms with Crippen molar-refractivity contribution in [1.29, 1.82) is 0 Å². The van der Waals surface area contributed by atoms with Gasteiger partial charge in [0.2, 0.25) is 5.88 Å². The summed E-state index contributed by atoms with van der Waals surface area (Å²) in [5.74, 6) is 1.29. The maximum Gasteiger partial charge on any atom is 0.219 e. The zero-order valence-electron chi connectivity index (χ0n) is 13.0. The van der Waals surface area contributed by atoms with Gasteiger partial charge >= 0.3 is 0 Å². The Hall–Kier alpha value is -1.85. The van der Waals surface area contributed by atoms with Gasteiger partial charge in [-0.05, 0) is 36.2 Å². The van der Waals surface area contributed by atoms with Crippen molar-refractivity contribution in [3.8, 4) is 11.6 Å². The van der Waals surface area contributed by atoms with Crippen LogP contribution in [0.25, 0.3) is 10.9 Å². The minimum Gasteiger partial charge on any atom is -0.439 e. The average molecular weight is 367 g/mol. The molecule has 0 aliphatic carbocycles. The van der Waals surface area contributed by atoms with Crippen LogP contribution < -0.4 is 10.5 Å². The number of nitrogens with zero attached hydrogens (tertiary/aromatic N) is 1. The van der Waals surface area contributed by atoms with Gasteiger partial charge in [-0.3, -0.25) is 0 Å². The summed E-state index contributed by atoms with van der Waals surface area (Å²) in [4.78, 5) is 4.48. The Morgan fingerprint density at radius 1 is 0.958 bits per heavy atom. The van der Waals surface area contributed by atoms with E-state index in [4.69, 9.17) is 15.6 Å². The van der Waals surface area contributed by atoms with E-state index in [0.717, 1.165) is 22.2 Å². The molecule has 0 saturated heterocycles. The Morgan fingerprint density at radius 3 is 2.38 bits per heavy atom. The lowest BCUT2D eigenvalue weighted by Crippen LogP contribution is -2.26. The van der Waals surface area contributed by atoms with Gasteiger partial charge in [-0.2, -0.15) is 0 Å². The van der Waals surface area contributed by atoms with E-state index < -0.39 is 0 Å². The molecule has 128 valence electrons. The van der Waals surface area contributed by atoms with Crippen molar-refractivity contribution in [3.05, 3.63) is 66.2 Å². The van der Waals surface area contributed by atoms with Crippen LogP contribution in [0.4, 0.5) is 0 Å². The molecule has 6 heteroatoms. The Kier molecular flexibility index (Phi) is 7.95. The Morgan fingerprint density at radius 2 is 1.67 bits per heavy atom. The lowest BCUT2D eigenvalue weighted by atomic mass is 10.1. The van der Waals surface area contributed by atoms with Crippen LogP contribution in [0.2, 0.25) is 0 Å². The third kappa shape index (κ3) is 5.08. The fourth-order valence-corrected chi connectivity index (χ4v) is 2.29. The molecule has 3 aromatic rings. The van der Waals surface area contributed by atoms with E-state index in [2.05, 4.69) is 4.98 Å². The van der Waals surface area contributed by atoms with Crippen molar-refractivity contribution in [2.75, 3.05) is 6.61 Å². The van der Waals surface area contributed by atoms with Crippen LogP contribution in [0.5, 0.6) is 11.6 Å². The second kappa shape index (κ2) is 9.45. The lowest BCUT2D eigenvalue weighted by Gasteiger charge is -2.09. The molecule has 1 atom stereocenters. The van der Waals surface area contributed by atoms with E-state index >= 15 is 0 Å². The van der Waals surface area contributed by atoms with E-state index in [-0.39, 0.29) is 37.5 Å². The molecule has 3 rings (SSSR count). The van der Waals surface area contributed by atoms with Crippen LogP contribution in [-0.2, 0) is 6.42 Å². The van der Waals surface area contributed by atoms with Gasteiger partial charge < -0.3 is 15.6 Å². The highest BCUT2D eigenvalue weighted by molar-refractivity contribution is 5.85. The number of aliphatic hydroxyl groups excluding tert-OH is 1. The van der Waals surface area contributed by atoms with Gasteiger partial charge in [-0.25, -0.2) is 4.98 Å². The Bertz CT molecular complexity index is 766. The summed E-state index contributed by atoms with van der Waals surface area (Å²) in [5.41, 5.74) is 7.71. The number of halogens is 2. The first kappa shape index (κ1) is 20.2. The third-order valence-electron chi connectivity index (χ3n) is 3.45. The minimum absolute atomic E-state index is 0. The predicted molar refractivity (Wildman–Crippen MR) is 102 cm³/mol. The number of pyridine rings is 1. The molecule has 1 heterocycles. The summed E-state index contributed by atoms with van der Waals surface area (Å²) < 4.78 is 5.78. The van der Waals surface area contributed by atoms with Gasteiger partial charge in [0.05, 0.1) is 12.1 Å². The monoisotopic (exact) mass is 366 g/mol. The second-order valence-corrected chi connectivity index (χ2v) is 5.23. The van der Waals surface area contributed by atoms with Crippen LogP contribution in [0.1, 0.15) is 5.56 Å². The molecule has 0 spiro atoms. The van der Waals surface area contributed by atoms with Crippen molar-refractivity contribution in [2.24, 2.45) is 5.73 Å². The van der Waals surface area contributed by atoms with Gasteiger partial charge in [0.25, 0.3) is 0 Å². The van der Waals surface area contributed by atoms with Gasteiger partial charge in [-0.15, -0.1) is 24.8 Å². The van der Waals surface area contributed by atoms with E-state index in [9.17, 15) is 0 Å². The lowest BCUT2D eigenvalue weighted by molar-refractivity contribution is 0.265. The molecule has 4 nitrogen and oxygen atoms in total. The zero-order valence-corrected chi connectivity index (χ0v) is 14.6. The highest BCUT2D eigenvalue weighted by atomic mass is 35.5. The van der Waals surface area contributed by atoms with Crippen molar-refractivity contribution in [2.45, 2.75) is 12.5 Å². The topological polar surface area (TPSA) is 68.4 Å². The van der Waals surface area contributed by atoms with Gasteiger partial charge in [-0.1, -0.05) is 30.3 Å². The largest absolute Gasteiger partial charge is 0.439 e. The molecular formula is C18H20Cl2N2O2. The van der Waals surface area contributed by atoms with Crippen molar-refractivity contribution in [3.63, 3.8) is 0 Å². The molecule has 2 aromatic carbocycles. The first-order valence-electron chi connectivity index (χ1n) is 7.23. The number of aliphatic hydroxyl groups is 1. The third-order valence-corrected chi connectivity index (χ3v) is 3.45. The summed E-state index contributed by atoms with van der Waals surface area (Å²) in [6.07, 6.45) is 0.644. The Balaban J connectivity index is 0.00000144. The number of para-hydroxylation sites is 1. The molecule has 0 saturated carbocycles. The number of fused-ring (bicyclic) bond motifs is 1. The summed E-state index contributed by atoms with van der Waals surface area (Å²) in [5, 5.41) is 10.1. The second-order valence-electron chi connectivity index (χ2n) is 5.23. The van der Waals surface area contributed by atoms with Gasteiger partial charge in [0.15, 0.2) is 0 Å². The molecule has 0 bridgehead atoms. The Labute approximate surface area is 153 Å². The number of aromatic nitrogens is 1. The van der Waals surface area contributed by atoms with Crippen molar-refractivity contribution in [1.82, 2.24) is 4.98 Å². The van der Waals surface area contributed by atoms with Crippen LogP contribution in [-0.4, -0.2) is 22.7 Å². The summed E-state index contributed by atoms with van der Waals surface area (Å²) in [7, 11) is 0. The van der Waals surface area contributed by atoms with Crippen LogP contribution >= 0.6 is 24.8 Å². The molecule has 0 aliphatic rings. The molecule has 0 fully saturated rings. The fraction of sp³-hybridized carbons (Fsp3) is 0.167. The van der Waals surface area contributed by atoms with Crippen molar-refractivity contribution >= 4 is 35.7 Å². The van der Waals surface area contributed by atoms with Crippen LogP contribution in [0.3, 0.4) is 0 Å². The zero-order chi connectivity index (χ0) is 15.4. The first-order chi connectivity index (χ1) is 10.7. The van der Waals surface area contributed by atoms with Crippen LogP contribution in [0, 0.1) is 0 Å². The molecule has 1 aromatic heterocycles. The molecule has 0 amide bonds. The highest BCUT2D eigenvalue weighted by Gasteiger charge is 2.04. The molecular weight excluding hydrogens is 347 g/mol. The molecule has 24 heavy (non-hydrogen) atoms. The number of rotatable bonds is 5. The minimum atomic E-state index is -0.228. The number of hydrogen-bond acceptors (Lipinski definition) is 4. The quantitative estimate of drug-likeness (QED) is 0.721. The van der Waals surface area contributed by atoms with Crippen LogP contribution in [0.15, 0.2) is 60.7 Å². The van der Waals surface area contributed by atoms with E-state index in [1.54, 1.807) is 0 Å². The highest BCUT2D eigenvalue weighted by Crippen LogP contribution is 2.22. The number of benzene rings is 2. The smallest absolute Gasteiger partial charge is 0.219 e. The fourth-order valence-electron chi connectivity index (χ4n) is 2.29. The van der Waals surface area contributed by atoms with E-state index in [1.807, 2.05) is 60.7 Å². The summed E-state index contributed by atoms with van der Waals surface area (Å²) in [6.45, 7) is -0.0146. The molecule has 1 unspecified atom stereocenters. The molecule has 0 radical (unpaired) electrons. The first-order valence-corrected chi connectivity index (χ1v) is 7.23. The number of hydrogen-bond donors (Lipinski definition) is 2. The standard InChI is InChI=1S/C18H18N2O2.2ClH/c19-15(12-21)11-13-5-8-16(9-6-13)22-18-10-7-14-3-1-2-4-17(14)20-18;;/h1-10,15,21H,11-12,19H2;2*1H. The predicted octanol–water partition coefficient (Wildman–Crippen LogP) is 3.73. The average Bonchev–Trinajstić information content (AvgIpc) is 2.56. The van der Waals surface area contributed by atoms with Gasteiger partial charge in [0.1, 0.15) is 5.75 Å². The maximum atomic E-state index is 8.97.